The van der Waals surface area contributed by atoms with Gasteiger partial charge in [0.25, 0.3) is 0 Å². The van der Waals surface area contributed by atoms with Gasteiger partial charge in [-0.1, -0.05) is 76.4 Å². The summed E-state index contributed by atoms with van der Waals surface area (Å²) in [6, 6.07) is 23.2. The number of aromatic nitrogens is 1. The Morgan fingerprint density at radius 2 is 1.68 bits per heavy atom. The van der Waals surface area contributed by atoms with Crippen molar-refractivity contribution in [3.8, 4) is 0 Å². The molecule has 4 aromatic rings. The smallest absolute Gasteiger partial charge is 0.143 e. The van der Waals surface area contributed by atoms with Crippen molar-refractivity contribution in [1.82, 2.24) is 4.98 Å². The van der Waals surface area contributed by atoms with Crippen molar-refractivity contribution in [3.05, 3.63) is 105 Å². The van der Waals surface area contributed by atoms with E-state index in [-0.39, 0.29) is 6.61 Å². The lowest BCUT2D eigenvalue weighted by Crippen LogP contribution is -1.95. The van der Waals surface area contributed by atoms with Gasteiger partial charge in [0, 0.05) is 37.3 Å². The highest BCUT2D eigenvalue weighted by Gasteiger charge is 2.08. The second-order valence-corrected chi connectivity index (χ2v) is 8.98. The van der Waals surface area contributed by atoms with Gasteiger partial charge in [-0.3, -0.25) is 0 Å². The van der Waals surface area contributed by atoms with Crippen LogP contribution < -0.4 is 0 Å². The van der Waals surface area contributed by atoms with Crippen LogP contribution in [0, 0.1) is 0 Å². The second-order valence-electron chi connectivity index (χ2n) is 6.73. The Hall–Kier alpha value is -2.24. The van der Waals surface area contributed by atoms with Gasteiger partial charge in [0.05, 0.1) is 11.7 Å². The molecule has 0 N–H and O–H groups in total. The molecule has 3 nitrogen and oxygen atoms in total. The van der Waals surface area contributed by atoms with Crippen molar-refractivity contribution in [1.29, 1.82) is 0 Å². The lowest BCUT2D eigenvalue weighted by atomic mass is 10.2. The van der Waals surface area contributed by atoms with Gasteiger partial charge in [0.2, 0.25) is 0 Å². The third-order valence-corrected chi connectivity index (χ3v) is 6.42. The van der Waals surface area contributed by atoms with E-state index in [1.54, 1.807) is 30.1 Å². The van der Waals surface area contributed by atoms with Crippen LogP contribution in [-0.4, -0.2) is 11.2 Å². The maximum absolute atomic E-state index is 6.19. The maximum Gasteiger partial charge on any atom is 0.143 e. The molecular weight excluding hydrogens is 471 g/mol. The molecule has 156 valence electrons. The Morgan fingerprint density at radius 1 is 0.903 bits per heavy atom. The minimum absolute atomic E-state index is 0.251. The number of oxime groups is 1. The van der Waals surface area contributed by atoms with Crippen LogP contribution in [0.3, 0.4) is 0 Å². The quantitative estimate of drug-likeness (QED) is 0.150. The highest BCUT2D eigenvalue weighted by Crippen LogP contribution is 2.28. The van der Waals surface area contributed by atoms with E-state index < -0.39 is 0 Å². The zero-order valence-corrected chi connectivity index (χ0v) is 19.3. The van der Waals surface area contributed by atoms with Crippen LogP contribution in [0.2, 0.25) is 15.1 Å². The number of hydrogen-bond donors (Lipinski definition) is 0. The molecule has 0 aliphatic carbocycles. The summed E-state index contributed by atoms with van der Waals surface area (Å²) in [6.45, 7) is 0.251. The number of pyridine rings is 1. The van der Waals surface area contributed by atoms with Crippen LogP contribution in [0.1, 0.15) is 16.7 Å². The van der Waals surface area contributed by atoms with Gasteiger partial charge >= 0.3 is 0 Å². The molecule has 0 bridgehead atoms. The minimum atomic E-state index is 0.251. The van der Waals surface area contributed by atoms with Crippen LogP contribution in [0.25, 0.3) is 10.9 Å². The lowest BCUT2D eigenvalue weighted by Gasteiger charge is -2.08. The van der Waals surface area contributed by atoms with E-state index in [1.807, 2.05) is 54.6 Å². The topological polar surface area (TPSA) is 34.5 Å². The van der Waals surface area contributed by atoms with Crippen molar-refractivity contribution >= 4 is 63.7 Å². The number of nitrogens with zero attached hydrogens (tertiary/aromatic N) is 2. The number of rotatable bonds is 7. The number of thioether (sulfide) groups is 1. The average molecular weight is 488 g/mol. The molecule has 1 heterocycles. The molecule has 3 aromatic carbocycles. The third kappa shape index (κ3) is 5.92. The Balaban J connectivity index is 1.52. The largest absolute Gasteiger partial charge is 0.391 e. The van der Waals surface area contributed by atoms with Crippen LogP contribution in [0.15, 0.2) is 83.0 Å². The molecule has 0 spiro atoms. The highest BCUT2D eigenvalue weighted by atomic mass is 35.5. The van der Waals surface area contributed by atoms with Gasteiger partial charge in [0.15, 0.2) is 0 Å². The monoisotopic (exact) mass is 486 g/mol. The van der Waals surface area contributed by atoms with E-state index in [2.05, 4.69) is 11.2 Å². The first-order valence-corrected chi connectivity index (χ1v) is 11.6. The Morgan fingerprint density at radius 3 is 2.48 bits per heavy atom. The molecule has 0 unspecified atom stereocenters. The molecule has 0 aliphatic rings. The predicted molar refractivity (Wildman–Crippen MR) is 132 cm³/mol. The molecule has 0 atom stereocenters. The van der Waals surface area contributed by atoms with Gasteiger partial charge < -0.3 is 4.84 Å². The summed E-state index contributed by atoms with van der Waals surface area (Å²) in [7, 11) is 0. The van der Waals surface area contributed by atoms with Gasteiger partial charge in [-0.15, -0.1) is 11.8 Å². The van der Waals surface area contributed by atoms with Crippen LogP contribution in [0.5, 0.6) is 0 Å². The Bertz CT molecular complexity index is 1230. The fourth-order valence-corrected chi connectivity index (χ4v) is 4.42. The zero-order valence-electron chi connectivity index (χ0n) is 16.3. The number of hydrogen-bond acceptors (Lipinski definition) is 4. The van der Waals surface area contributed by atoms with E-state index in [4.69, 9.17) is 44.6 Å². The first-order valence-electron chi connectivity index (χ1n) is 9.45. The summed E-state index contributed by atoms with van der Waals surface area (Å²) >= 11 is 19.8. The molecule has 1 aromatic heterocycles. The molecule has 0 aliphatic heterocycles. The van der Waals surface area contributed by atoms with Crippen molar-refractivity contribution in [3.63, 3.8) is 0 Å². The van der Waals surface area contributed by atoms with Gasteiger partial charge in [-0.2, -0.15) is 0 Å². The standard InChI is InChI=1S/C24H17Cl3N2OS/c25-20-8-5-16(6-9-20)15-31-24-19(11-17-3-1-2-4-23(17)29-24)13-28-30-14-18-7-10-21(26)12-22(18)27/h1-13H,14-15H2/b28-13-. The molecule has 4 rings (SSSR count). The Kier molecular flexibility index (Phi) is 7.36. The van der Waals surface area contributed by atoms with Crippen molar-refractivity contribution < 1.29 is 4.84 Å². The molecule has 0 radical (unpaired) electrons. The molecule has 7 heteroatoms. The molecule has 0 saturated carbocycles. The summed E-state index contributed by atoms with van der Waals surface area (Å²) < 4.78 is 0. The summed E-state index contributed by atoms with van der Waals surface area (Å²) in [5.41, 5.74) is 3.81. The van der Waals surface area contributed by atoms with Crippen LogP contribution >= 0.6 is 46.6 Å². The van der Waals surface area contributed by atoms with E-state index in [0.717, 1.165) is 37.8 Å². The van der Waals surface area contributed by atoms with E-state index >= 15 is 0 Å². The highest BCUT2D eigenvalue weighted by molar-refractivity contribution is 7.98. The number of fused-ring (bicyclic) bond motifs is 1. The van der Waals surface area contributed by atoms with Crippen molar-refractivity contribution in [2.75, 3.05) is 0 Å². The van der Waals surface area contributed by atoms with Gasteiger partial charge in [0.1, 0.15) is 11.6 Å². The Labute approximate surface area is 200 Å². The fraction of sp³-hybridized carbons (Fsp3) is 0.0833. The molecule has 31 heavy (non-hydrogen) atoms. The maximum atomic E-state index is 6.19. The summed E-state index contributed by atoms with van der Waals surface area (Å²) in [4.78, 5) is 10.3. The summed E-state index contributed by atoms with van der Waals surface area (Å²) in [5, 5.41) is 7.93. The van der Waals surface area contributed by atoms with E-state index in [0.29, 0.717) is 10.0 Å². The molecule has 0 amide bonds. The summed E-state index contributed by atoms with van der Waals surface area (Å²) in [5.74, 6) is 0.768. The minimum Gasteiger partial charge on any atom is -0.391 e. The summed E-state index contributed by atoms with van der Waals surface area (Å²) in [6.07, 6.45) is 1.69. The van der Waals surface area contributed by atoms with Gasteiger partial charge in [-0.25, -0.2) is 4.98 Å². The lowest BCUT2D eigenvalue weighted by molar-refractivity contribution is 0.132. The number of halogens is 3. The van der Waals surface area contributed by atoms with Crippen LogP contribution in [-0.2, 0) is 17.2 Å². The number of benzene rings is 3. The van der Waals surface area contributed by atoms with Crippen LogP contribution in [0.4, 0.5) is 0 Å². The first kappa shape index (κ1) is 22.0. The first-order chi connectivity index (χ1) is 15.1. The molecular formula is C24H17Cl3N2OS. The number of para-hydroxylation sites is 1. The zero-order chi connectivity index (χ0) is 21.6. The van der Waals surface area contributed by atoms with Crippen molar-refractivity contribution in [2.24, 2.45) is 5.16 Å². The fourth-order valence-electron chi connectivity index (χ4n) is 2.89. The second kappa shape index (κ2) is 10.4. The predicted octanol–water partition coefficient (Wildman–Crippen LogP) is 8.04. The molecule has 0 saturated heterocycles. The molecule has 0 fully saturated rings. The SMILES string of the molecule is Clc1ccc(CSc2nc3ccccc3cc2/C=N\OCc2ccc(Cl)cc2Cl)cc1. The van der Waals surface area contributed by atoms with Gasteiger partial charge in [-0.05, 0) is 42.0 Å². The third-order valence-electron chi connectivity index (χ3n) is 4.51. The normalized spacial score (nSPS) is 11.3. The van der Waals surface area contributed by atoms with Crippen molar-refractivity contribution in [2.45, 2.75) is 17.4 Å². The average Bonchev–Trinajstić information content (AvgIpc) is 2.77. The van der Waals surface area contributed by atoms with E-state index in [1.165, 1.54) is 5.56 Å². The van der Waals surface area contributed by atoms with E-state index in [9.17, 15) is 0 Å².